The van der Waals surface area contributed by atoms with E-state index in [0.29, 0.717) is 58.4 Å². The SMILES string of the molecule is O=C(C1CCC1)N1CCC(C(=O)N2CC[C@H](O)[C@@]3(CCCNC3=O)C2)CC1. The van der Waals surface area contributed by atoms with Crippen molar-refractivity contribution in [3.05, 3.63) is 0 Å². The molecule has 4 rings (SSSR count). The van der Waals surface area contributed by atoms with Crippen LogP contribution in [0, 0.1) is 17.3 Å². The maximum absolute atomic E-state index is 13.1. The molecule has 3 aliphatic heterocycles. The summed E-state index contributed by atoms with van der Waals surface area (Å²) < 4.78 is 0. The van der Waals surface area contributed by atoms with Gasteiger partial charge in [-0.1, -0.05) is 6.42 Å². The summed E-state index contributed by atoms with van der Waals surface area (Å²) in [7, 11) is 0. The van der Waals surface area contributed by atoms with Crippen LogP contribution in [0.3, 0.4) is 0 Å². The summed E-state index contributed by atoms with van der Waals surface area (Å²) in [6.07, 6.45) is 5.84. The van der Waals surface area contributed by atoms with Gasteiger partial charge >= 0.3 is 0 Å². The van der Waals surface area contributed by atoms with E-state index in [1.54, 1.807) is 4.90 Å². The molecule has 0 bridgehead atoms. The summed E-state index contributed by atoms with van der Waals surface area (Å²) in [5.74, 6) is 0.390. The van der Waals surface area contributed by atoms with Crippen LogP contribution in [0.2, 0.25) is 0 Å². The Kier molecular flexibility index (Phi) is 5.14. The zero-order valence-corrected chi connectivity index (χ0v) is 16.0. The molecule has 7 nitrogen and oxygen atoms in total. The lowest BCUT2D eigenvalue weighted by atomic mass is 9.71. The molecular weight excluding hydrogens is 346 g/mol. The number of carbonyl (C=O) groups excluding carboxylic acids is 3. The number of aliphatic hydroxyl groups is 1. The van der Waals surface area contributed by atoms with Crippen molar-refractivity contribution in [1.82, 2.24) is 15.1 Å². The average Bonchev–Trinajstić information content (AvgIpc) is 2.64. The van der Waals surface area contributed by atoms with Crippen molar-refractivity contribution in [2.45, 2.75) is 57.5 Å². The fourth-order valence-electron chi connectivity index (χ4n) is 5.15. The van der Waals surface area contributed by atoms with Crippen LogP contribution in [0.25, 0.3) is 0 Å². The summed E-state index contributed by atoms with van der Waals surface area (Å²) >= 11 is 0. The molecule has 2 atom stereocenters. The van der Waals surface area contributed by atoms with Gasteiger partial charge in [0.1, 0.15) is 0 Å². The van der Waals surface area contributed by atoms with Crippen molar-refractivity contribution in [2.24, 2.45) is 17.3 Å². The maximum Gasteiger partial charge on any atom is 0.230 e. The number of nitrogens with zero attached hydrogens (tertiary/aromatic N) is 2. The fraction of sp³-hybridized carbons (Fsp3) is 0.850. The second-order valence-electron chi connectivity index (χ2n) is 8.81. The van der Waals surface area contributed by atoms with E-state index in [1.807, 2.05) is 4.90 Å². The highest BCUT2D eigenvalue weighted by Gasteiger charge is 2.51. The number of carbonyl (C=O) groups is 3. The number of rotatable bonds is 2. The molecule has 27 heavy (non-hydrogen) atoms. The van der Waals surface area contributed by atoms with E-state index >= 15 is 0 Å². The molecule has 1 aliphatic carbocycles. The zero-order chi connectivity index (χ0) is 19.0. The molecule has 3 saturated heterocycles. The minimum Gasteiger partial charge on any atom is -0.392 e. The van der Waals surface area contributed by atoms with Gasteiger partial charge in [-0.25, -0.2) is 0 Å². The average molecular weight is 377 g/mol. The molecule has 4 fully saturated rings. The number of amides is 3. The van der Waals surface area contributed by atoms with Gasteiger partial charge in [0.15, 0.2) is 0 Å². The van der Waals surface area contributed by atoms with Gasteiger partial charge in [0.05, 0.1) is 11.5 Å². The van der Waals surface area contributed by atoms with Crippen LogP contribution in [0.15, 0.2) is 0 Å². The van der Waals surface area contributed by atoms with Crippen LogP contribution < -0.4 is 5.32 Å². The van der Waals surface area contributed by atoms with Gasteiger partial charge in [0.25, 0.3) is 0 Å². The number of piperidine rings is 3. The topological polar surface area (TPSA) is 90.0 Å². The summed E-state index contributed by atoms with van der Waals surface area (Å²) in [5, 5.41) is 13.4. The predicted octanol–water partition coefficient (Wildman–Crippen LogP) is 0.515. The highest BCUT2D eigenvalue weighted by atomic mass is 16.3. The number of hydrogen-bond acceptors (Lipinski definition) is 4. The van der Waals surface area contributed by atoms with Crippen molar-refractivity contribution in [1.29, 1.82) is 0 Å². The van der Waals surface area contributed by atoms with E-state index < -0.39 is 11.5 Å². The highest BCUT2D eigenvalue weighted by molar-refractivity contribution is 5.86. The summed E-state index contributed by atoms with van der Waals surface area (Å²) in [6.45, 7) is 2.80. The maximum atomic E-state index is 13.1. The Balaban J connectivity index is 1.35. The first-order valence-electron chi connectivity index (χ1n) is 10.6. The lowest BCUT2D eigenvalue weighted by molar-refractivity contribution is -0.158. The Morgan fingerprint density at radius 2 is 1.56 bits per heavy atom. The molecule has 0 aromatic heterocycles. The molecule has 7 heteroatoms. The van der Waals surface area contributed by atoms with Crippen LogP contribution in [0.1, 0.15) is 51.4 Å². The smallest absolute Gasteiger partial charge is 0.230 e. The summed E-state index contributed by atoms with van der Waals surface area (Å²) in [4.78, 5) is 41.7. The second kappa shape index (κ2) is 7.41. The van der Waals surface area contributed by atoms with Gasteiger partial charge in [-0.05, 0) is 44.9 Å². The standard InChI is InChI=1S/C20H31N3O4/c24-16-7-12-23(13-20(16)8-2-9-21-19(20)27)18(26)15-5-10-22(11-6-15)17(25)14-3-1-4-14/h14-16,24H,1-13H2,(H,21,27)/t16-,20+/m0/s1. The molecule has 3 amide bonds. The fourth-order valence-corrected chi connectivity index (χ4v) is 5.15. The lowest BCUT2D eigenvalue weighted by Gasteiger charge is -2.48. The van der Waals surface area contributed by atoms with Crippen LogP contribution in [-0.2, 0) is 14.4 Å². The molecule has 150 valence electrons. The van der Waals surface area contributed by atoms with Crippen molar-refractivity contribution in [2.75, 3.05) is 32.7 Å². The first-order valence-corrected chi connectivity index (χ1v) is 10.6. The number of hydrogen-bond donors (Lipinski definition) is 2. The van der Waals surface area contributed by atoms with Crippen molar-refractivity contribution in [3.63, 3.8) is 0 Å². The van der Waals surface area contributed by atoms with Gasteiger partial charge in [-0.15, -0.1) is 0 Å². The molecule has 0 aromatic carbocycles. The molecule has 1 saturated carbocycles. The number of likely N-dealkylation sites (tertiary alicyclic amines) is 2. The third-order valence-electron chi connectivity index (χ3n) is 7.24. The van der Waals surface area contributed by atoms with Crippen LogP contribution >= 0.6 is 0 Å². The molecule has 0 unspecified atom stereocenters. The van der Waals surface area contributed by atoms with E-state index in [9.17, 15) is 19.5 Å². The highest BCUT2D eigenvalue weighted by Crippen LogP contribution is 2.38. The van der Waals surface area contributed by atoms with Gasteiger partial charge < -0.3 is 20.2 Å². The van der Waals surface area contributed by atoms with E-state index in [0.717, 1.165) is 25.7 Å². The van der Waals surface area contributed by atoms with Crippen molar-refractivity contribution >= 4 is 17.7 Å². The molecular formula is C20H31N3O4. The largest absolute Gasteiger partial charge is 0.392 e. The molecule has 4 aliphatic rings. The third-order valence-corrected chi connectivity index (χ3v) is 7.24. The van der Waals surface area contributed by atoms with Gasteiger partial charge in [-0.3, -0.25) is 14.4 Å². The number of aliphatic hydroxyl groups excluding tert-OH is 1. The second-order valence-corrected chi connectivity index (χ2v) is 8.81. The minimum atomic E-state index is -0.840. The van der Waals surface area contributed by atoms with E-state index in [4.69, 9.17) is 0 Å². The first-order chi connectivity index (χ1) is 13.0. The Labute approximate surface area is 160 Å². The number of nitrogens with one attached hydrogen (secondary N) is 1. The van der Waals surface area contributed by atoms with Crippen LogP contribution in [0.5, 0.6) is 0 Å². The Bertz CT molecular complexity index is 612. The first kappa shape index (κ1) is 18.7. The van der Waals surface area contributed by atoms with Crippen LogP contribution in [0.4, 0.5) is 0 Å². The summed E-state index contributed by atoms with van der Waals surface area (Å²) in [5.41, 5.74) is -0.840. The van der Waals surface area contributed by atoms with Crippen LogP contribution in [-0.4, -0.2) is 71.5 Å². The third kappa shape index (κ3) is 3.35. The quantitative estimate of drug-likeness (QED) is 0.734. The Hall–Kier alpha value is -1.63. The van der Waals surface area contributed by atoms with Crippen molar-refractivity contribution in [3.8, 4) is 0 Å². The molecule has 2 N–H and O–H groups in total. The normalized spacial score (nSPS) is 32.9. The summed E-state index contributed by atoms with van der Waals surface area (Å²) in [6, 6.07) is 0. The molecule has 0 aromatic rings. The van der Waals surface area contributed by atoms with Gasteiger partial charge in [0, 0.05) is 44.6 Å². The monoisotopic (exact) mass is 377 g/mol. The van der Waals surface area contributed by atoms with E-state index in [2.05, 4.69) is 5.32 Å². The molecule has 3 heterocycles. The van der Waals surface area contributed by atoms with E-state index in [1.165, 1.54) is 0 Å². The zero-order valence-electron chi connectivity index (χ0n) is 16.0. The molecule has 0 radical (unpaired) electrons. The molecule has 1 spiro atoms. The van der Waals surface area contributed by atoms with E-state index in [-0.39, 0.29) is 29.6 Å². The predicted molar refractivity (Wildman–Crippen MR) is 98.5 cm³/mol. The van der Waals surface area contributed by atoms with Gasteiger partial charge in [-0.2, -0.15) is 0 Å². The lowest BCUT2D eigenvalue weighted by Crippen LogP contribution is -2.62. The van der Waals surface area contributed by atoms with Gasteiger partial charge in [0.2, 0.25) is 17.7 Å². The Morgan fingerprint density at radius 3 is 2.19 bits per heavy atom. The Morgan fingerprint density at radius 1 is 0.926 bits per heavy atom. The minimum absolute atomic E-state index is 0.0746. The van der Waals surface area contributed by atoms with Crippen molar-refractivity contribution < 1.29 is 19.5 Å².